The van der Waals surface area contributed by atoms with Crippen LogP contribution in [0.15, 0.2) is 29.8 Å². The molecule has 0 bridgehead atoms. The van der Waals surface area contributed by atoms with E-state index in [9.17, 15) is 9.90 Å². The van der Waals surface area contributed by atoms with Crippen LogP contribution in [0.1, 0.15) is 15.9 Å². The molecule has 0 unspecified atom stereocenters. The van der Waals surface area contributed by atoms with Crippen LogP contribution in [-0.4, -0.2) is 5.97 Å². The van der Waals surface area contributed by atoms with E-state index >= 15 is 0 Å². The fourth-order valence-corrected chi connectivity index (χ4v) is 0.972. The van der Waals surface area contributed by atoms with Gasteiger partial charge in [0.1, 0.15) is 17.7 Å². The Balaban J connectivity index is 3.02. The van der Waals surface area contributed by atoms with Crippen LogP contribution in [0.2, 0.25) is 0 Å². The van der Waals surface area contributed by atoms with Crippen LogP contribution in [0.3, 0.4) is 0 Å². The predicted octanol–water partition coefficient (Wildman–Crippen LogP) is 1.69. The van der Waals surface area contributed by atoms with E-state index in [1.54, 1.807) is 12.1 Å². The first-order chi connectivity index (χ1) is 7.17. The fraction of sp³-hybridized carbons (Fsp3) is 0. The molecule has 0 spiro atoms. The average Bonchev–Trinajstić information content (AvgIpc) is 2.26. The summed E-state index contributed by atoms with van der Waals surface area (Å²) in [6, 6.07) is 9.13. The minimum atomic E-state index is -1.26. The molecule has 1 aromatic rings. The van der Waals surface area contributed by atoms with Gasteiger partial charge in [0.15, 0.2) is 0 Å². The van der Waals surface area contributed by atoms with Crippen molar-refractivity contribution < 1.29 is 9.90 Å². The van der Waals surface area contributed by atoms with Gasteiger partial charge in [-0.2, -0.15) is 10.5 Å². The Morgan fingerprint density at radius 1 is 1.13 bits per heavy atom. The largest absolute Gasteiger partial charge is 0.386 e. The van der Waals surface area contributed by atoms with Crippen molar-refractivity contribution in [3.05, 3.63) is 41.0 Å². The molecule has 0 aliphatic carbocycles. The number of allylic oxidation sites excluding steroid dienone is 1. The molecule has 0 atom stereocenters. The van der Waals surface area contributed by atoms with E-state index in [-0.39, 0.29) is 11.1 Å². The molecule has 1 rings (SSSR count). The molecule has 0 heterocycles. The first-order valence-electron chi connectivity index (χ1n) is 4.00. The molecule has 1 aromatic carbocycles. The summed E-state index contributed by atoms with van der Waals surface area (Å²) >= 11 is 0. The maximum absolute atomic E-state index is 10.4. The lowest BCUT2D eigenvalue weighted by atomic mass is 10.1. The third kappa shape index (κ3) is 2.68. The number of hydrogen-bond acceptors (Lipinski definition) is 3. The maximum atomic E-state index is 10.4. The molecular formula is C11H5N2O2. The van der Waals surface area contributed by atoms with Crippen molar-refractivity contribution in [3.8, 4) is 12.1 Å². The van der Waals surface area contributed by atoms with Gasteiger partial charge in [0.25, 0.3) is 0 Å². The highest BCUT2D eigenvalue weighted by molar-refractivity contribution is 5.87. The standard InChI is InChI=1S/C11H5N2O2/c12-6-9(7-13)5-8-1-3-10(4-2-8)11(14)15/h1-5H. The Labute approximate surface area is 86.3 Å². The number of rotatable bonds is 2. The monoisotopic (exact) mass is 197 g/mol. The first kappa shape index (κ1) is 10.5. The number of nitrogens with zero attached hydrogens (tertiary/aromatic N) is 2. The Morgan fingerprint density at radius 3 is 2.07 bits per heavy atom. The second-order valence-corrected chi connectivity index (χ2v) is 2.69. The Morgan fingerprint density at radius 2 is 1.67 bits per heavy atom. The van der Waals surface area contributed by atoms with E-state index < -0.39 is 5.97 Å². The fourth-order valence-electron chi connectivity index (χ4n) is 0.972. The highest BCUT2D eigenvalue weighted by Gasteiger charge is 2.03. The molecule has 0 aliphatic rings. The highest BCUT2D eigenvalue weighted by Crippen LogP contribution is 2.08. The molecule has 0 fully saturated rings. The molecule has 0 saturated carbocycles. The highest BCUT2D eigenvalue weighted by atomic mass is 16.4. The number of benzene rings is 1. The van der Waals surface area contributed by atoms with Gasteiger partial charge in [0, 0.05) is 0 Å². The van der Waals surface area contributed by atoms with E-state index in [2.05, 4.69) is 0 Å². The number of hydrogen-bond donors (Lipinski definition) is 0. The van der Waals surface area contributed by atoms with Crippen LogP contribution in [0.5, 0.6) is 0 Å². The molecule has 0 amide bonds. The van der Waals surface area contributed by atoms with Gasteiger partial charge in [-0.25, -0.2) is 9.90 Å². The minimum absolute atomic E-state index is 0.0313. The SMILES string of the molecule is N#CC(C#N)=Cc1ccc(C([O])=O)cc1. The zero-order valence-electron chi connectivity index (χ0n) is 7.60. The Bertz CT molecular complexity index is 471. The summed E-state index contributed by atoms with van der Waals surface area (Å²) in [5.74, 6) is -1.26. The third-order valence-corrected chi connectivity index (χ3v) is 1.70. The van der Waals surface area contributed by atoms with Crippen molar-refractivity contribution in [1.29, 1.82) is 10.5 Å². The van der Waals surface area contributed by atoms with Crippen molar-refractivity contribution in [1.82, 2.24) is 0 Å². The summed E-state index contributed by atoms with van der Waals surface area (Å²) in [6.45, 7) is 0. The van der Waals surface area contributed by atoms with Crippen molar-refractivity contribution >= 4 is 12.0 Å². The van der Waals surface area contributed by atoms with Crippen LogP contribution >= 0.6 is 0 Å². The lowest BCUT2D eigenvalue weighted by molar-refractivity contribution is 0.0573. The normalized spacial score (nSPS) is 8.40. The van der Waals surface area contributed by atoms with E-state index in [4.69, 9.17) is 10.5 Å². The molecule has 0 aliphatic heterocycles. The van der Waals surface area contributed by atoms with E-state index in [0.717, 1.165) is 0 Å². The van der Waals surface area contributed by atoms with Gasteiger partial charge < -0.3 is 0 Å². The van der Waals surface area contributed by atoms with Crippen LogP contribution in [-0.2, 0) is 5.11 Å². The van der Waals surface area contributed by atoms with Crippen LogP contribution < -0.4 is 0 Å². The number of nitriles is 2. The van der Waals surface area contributed by atoms with Gasteiger partial charge in [-0.1, -0.05) is 12.1 Å². The molecule has 4 nitrogen and oxygen atoms in total. The van der Waals surface area contributed by atoms with Gasteiger partial charge in [-0.15, -0.1) is 0 Å². The molecule has 0 N–H and O–H groups in total. The van der Waals surface area contributed by atoms with Crippen molar-refractivity contribution in [2.75, 3.05) is 0 Å². The van der Waals surface area contributed by atoms with Crippen molar-refractivity contribution in [2.24, 2.45) is 0 Å². The lowest BCUT2D eigenvalue weighted by Gasteiger charge is -1.93. The molecule has 1 radical (unpaired) electrons. The lowest BCUT2D eigenvalue weighted by Crippen LogP contribution is -1.92. The molecular weight excluding hydrogens is 192 g/mol. The van der Waals surface area contributed by atoms with Gasteiger partial charge in [-0.3, -0.25) is 0 Å². The second-order valence-electron chi connectivity index (χ2n) is 2.69. The van der Waals surface area contributed by atoms with E-state index in [1.807, 2.05) is 0 Å². The average molecular weight is 197 g/mol. The summed E-state index contributed by atoms with van der Waals surface area (Å²) in [4.78, 5) is 10.4. The number of carbonyl (C=O) groups is 1. The maximum Gasteiger partial charge on any atom is 0.386 e. The molecule has 0 aromatic heterocycles. The zero-order valence-corrected chi connectivity index (χ0v) is 7.60. The van der Waals surface area contributed by atoms with Crippen molar-refractivity contribution in [3.63, 3.8) is 0 Å². The molecule has 71 valence electrons. The zero-order chi connectivity index (χ0) is 11.3. The van der Waals surface area contributed by atoms with Crippen LogP contribution in [0.4, 0.5) is 0 Å². The van der Waals surface area contributed by atoms with E-state index in [1.165, 1.54) is 30.3 Å². The first-order valence-corrected chi connectivity index (χ1v) is 4.00. The molecule has 4 heteroatoms. The van der Waals surface area contributed by atoms with Gasteiger partial charge in [0.2, 0.25) is 0 Å². The minimum Gasteiger partial charge on any atom is -0.242 e. The van der Waals surface area contributed by atoms with Crippen LogP contribution in [0.25, 0.3) is 6.08 Å². The smallest absolute Gasteiger partial charge is 0.242 e. The summed E-state index contributed by atoms with van der Waals surface area (Å²) in [5, 5.41) is 27.4. The van der Waals surface area contributed by atoms with Crippen LogP contribution in [0, 0.1) is 22.7 Å². The summed E-state index contributed by atoms with van der Waals surface area (Å²) in [7, 11) is 0. The third-order valence-electron chi connectivity index (χ3n) is 1.70. The topological polar surface area (TPSA) is 84.5 Å². The predicted molar refractivity (Wildman–Crippen MR) is 50.7 cm³/mol. The quantitative estimate of drug-likeness (QED) is 0.676. The molecule has 0 saturated heterocycles. The van der Waals surface area contributed by atoms with Gasteiger partial charge >= 0.3 is 5.97 Å². The number of carbonyl (C=O) groups excluding carboxylic acids is 1. The molecule has 15 heavy (non-hydrogen) atoms. The van der Waals surface area contributed by atoms with Gasteiger partial charge in [-0.05, 0) is 23.8 Å². The van der Waals surface area contributed by atoms with E-state index in [0.29, 0.717) is 5.56 Å². The summed E-state index contributed by atoms with van der Waals surface area (Å²) in [5.41, 5.74) is 0.622. The Hall–Kier alpha value is -2.59. The van der Waals surface area contributed by atoms with Crippen molar-refractivity contribution in [2.45, 2.75) is 0 Å². The Kier molecular flexibility index (Phi) is 3.21. The second kappa shape index (κ2) is 4.59. The summed E-state index contributed by atoms with van der Waals surface area (Å²) < 4.78 is 0. The summed E-state index contributed by atoms with van der Waals surface area (Å²) in [6.07, 6.45) is 1.37. The van der Waals surface area contributed by atoms with Gasteiger partial charge in [0.05, 0.1) is 5.56 Å².